The van der Waals surface area contributed by atoms with Gasteiger partial charge >= 0.3 is 0 Å². The predicted octanol–water partition coefficient (Wildman–Crippen LogP) is 6.31. The highest BCUT2D eigenvalue weighted by molar-refractivity contribution is 5.01. The van der Waals surface area contributed by atoms with Gasteiger partial charge in [-0.1, -0.05) is 58.3 Å². The highest BCUT2D eigenvalue weighted by Crippen LogP contribution is 2.08. The van der Waals surface area contributed by atoms with Crippen molar-refractivity contribution in [1.29, 1.82) is 0 Å². The summed E-state index contributed by atoms with van der Waals surface area (Å²) < 4.78 is 0. The van der Waals surface area contributed by atoms with Crippen LogP contribution in [0.4, 0.5) is 0 Å². The second-order valence-corrected chi connectivity index (χ2v) is 5.52. The topological polar surface area (TPSA) is 0 Å². The van der Waals surface area contributed by atoms with Gasteiger partial charge in [0.1, 0.15) is 0 Å². The third kappa shape index (κ3) is 17.1. The maximum absolute atomic E-state index is 5.22. The summed E-state index contributed by atoms with van der Waals surface area (Å²) in [6.07, 6.45) is 25.0. The molecule has 0 heterocycles. The van der Waals surface area contributed by atoms with Gasteiger partial charge in [-0.25, -0.2) is 0 Å². The molecule has 20 heavy (non-hydrogen) atoms. The molecule has 0 fully saturated rings. The van der Waals surface area contributed by atoms with Crippen LogP contribution in [0.5, 0.6) is 0 Å². The van der Waals surface area contributed by atoms with Crippen molar-refractivity contribution in [2.45, 2.75) is 96.8 Å². The van der Waals surface area contributed by atoms with Crippen molar-refractivity contribution >= 4 is 0 Å². The van der Waals surface area contributed by atoms with Crippen LogP contribution in [0.1, 0.15) is 96.8 Å². The highest BCUT2D eigenvalue weighted by atomic mass is 14.0. The summed E-state index contributed by atoms with van der Waals surface area (Å²) >= 11 is 0. The molecule has 0 aliphatic heterocycles. The Morgan fingerprint density at radius 2 is 1.40 bits per heavy atom. The van der Waals surface area contributed by atoms with E-state index in [1.807, 2.05) is 0 Å². The summed E-state index contributed by atoms with van der Waals surface area (Å²) in [5.74, 6) is 9.25. The molecule has 0 aromatic heterocycles. The van der Waals surface area contributed by atoms with Crippen LogP contribution in [0.3, 0.4) is 0 Å². The Hall–Kier alpha value is -0.880. The largest absolute Gasteiger partial charge is 0.120 e. The zero-order valence-corrected chi connectivity index (χ0v) is 13.6. The van der Waals surface area contributed by atoms with Crippen molar-refractivity contribution in [3.8, 4) is 24.2 Å². The van der Waals surface area contributed by atoms with E-state index in [2.05, 4.69) is 31.1 Å². The van der Waals surface area contributed by atoms with E-state index in [0.717, 1.165) is 19.3 Å². The fourth-order valence-electron chi connectivity index (χ4n) is 2.20. The molecule has 0 saturated heterocycles. The van der Waals surface area contributed by atoms with Crippen LogP contribution < -0.4 is 0 Å². The van der Waals surface area contributed by atoms with Crippen molar-refractivity contribution in [3.63, 3.8) is 0 Å². The van der Waals surface area contributed by atoms with Gasteiger partial charge in [0, 0.05) is 19.3 Å². The molecule has 0 amide bonds. The number of hydrogen-bond acceptors (Lipinski definition) is 0. The van der Waals surface area contributed by atoms with Gasteiger partial charge in [-0.15, -0.1) is 24.2 Å². The molecule has 0 bridgehead atoms. The normalized spacial score (nSPS) is 9.80. The highest BCUT2D eigenvalue weighted by Gasteiger charge is 1.91. The molecule has 113 valence electrons. The van der Waals surface area contributed by atoms with Crippen LogP contribution in [0.15, 0.2) is 0 Å². The van der Waals surface area contributed by atoms with Gasteiger partial charge in [-0.05, 0) is 25.7 Å². The van der Waals surface area contributed by atoms with Gasteiger partial charge in [0.05, 0.1) is 0 Å². The van der Waals surface area contributed by atoms with E-state index in [4.69, 9.17) is 6.42 Å². The van der Waals surface area contributed by atoms with Crippen molar-refractivity contribution in [2.75, 3.05) is 0 Å². The van der Waals surface area contributed by atoms with E-state index in [9.17, 15) is 0 Å². The number of hydrogen-bond donors (Lipinski definition) is 0. The van der Waals surface area contributed by atoms with Gasteiger partial charge in [-0.2, -0.15) is 0 Å². The molecule has 0 aromatic carbocycles. The first kappa shape index (κ1) is 19.1. The minimum Gasteiger partial charge on any atom is -0.120 e. The van der Waals surface area contributed by atoms with E-state index >= 15 is 0 Å². The molecule has 0 saturated carbocycles. The van der Waals surface area contributed by atoms with Crippen LogP contribution in [-0.4, -0.2) is 0 Å². The molecular weight excluding hydrogens is 240 g/mol. The Labute approximate surface area is 128 Å². The Bertz CT molecular complexity index is 271. The smallest absolute Gasteiger partial charge is 0.0120 e. The summed E-state index contributed by atoms with van der Waals surface area (Å²) in [6, 6.07) is 0. The summed E-state index contributed by atoms with van der Waals surface area (Å²) in [6.45, 7) is 2.26. The van der Waals surface area contributed by atoms with Crippen molar-refractivity contribution in [1.82, 2.24) is 0 Å². The van der Waals surface area contributed by atoms with Gasteiger partial charge in [0.15, 0.2) is 0 Å². The minimum atomic E-state index is 0.945. The van der Waals surface area contributed by atoms with Crippen LogP contribution in [-0.2, 0) is 0 Å². The molecule has 0 atom stereocenters. The van der Waals surface area contributed by atoms with Crippen LogP contribution in [0, 0.1) is 30.6 Å². The maximum atomic E-state index is 5.22. The molecule has 1 radical (unpaired) electrons. The van der Waals surface area contributed by atoms with E-state index in [-0.39, 0.29) is 0 Å². The lowest BCUT2D eigenvalue weighted by atomic mass is 10.1. The minimum absolute atomic E-state index is 0.945. The van der Waals surface area contributed by atoms with Crippen LogP contribution in [0.2, 0.25) is 0 Å². The molecule has 0 nitrogen and oxygen atoms in total. The summed E-state index contributed by atoms with van der Waals surface area (Å²) in [7, 11) is 0. The van der Waals surface area contributed by atoms with E-state index in [0.29, 0.717) is 0 Å². The monoisotopic (exact) mass is 273 g/mol. The van der Waals surface area contributed by atoms with Gasteiger partial charge in [-0.3, -0.25) is 0 Å². The molecule has 0 aromatic rings. The molecular formula is C20H33. The third-order valence-electron chi connectivity index (χ3n) is 3.51. The average Bonchev–Trinajstić information content (AvgIpc) is 2.47. The molecule has 0 N–H and O–H groups in total. The molecule has 0 heteroatoms. The van der Waals surface area contributed by atoms with E-state index < -0.39 is 0 Å². The zero-order chi connectivity index (χ0) is 14.7. The molecule has 0 aliphatic rings. The zero-order valence-electron chi connectivity index (χ0n) is 13.6. The van der Waals surface area contributed by atoms with E-state index in [1.54, 1.807) is 0 Å². The third-order valence-corrected chi connectivity index (χ3v) is 3.51. The first-order valence-electron chi connectivity index (χ1n) is 8.62. The lowest BCUT2D eigenvalue weighted by Gasteiger charge is -1.98. The van der Waals surface area contributed by atoms with Gasteiger partial charge in [0.2, 0.25) is 0 Å². The van der Waals surface area contributed by atoms with Crippen molar-refractivity contribution in [3.05, 3.63) is 6.42 Å². The Morgan fingerprint density at radius 3 is 2.15 bits per heavy atom. The number of rotatable bonds is 13. The number of unbranched alkanes of at least 4 members (excludes halogenated alkanes) is 13. The standard InChI is InChI=1S/C20H33/c1-3-5-7-9-11-13-15-17-19-20-18-16-14-12-10-8-6-4-2/h1,19H,4-15,17,20H2,2H3. The van der Waals surface area contributed by atoms with Gasteiger partial charge in [0.25, 0.3) is 0 Å². The first-order valence-corrected chi connectivity index (χ1v) is 8.62. The van der Waals surface area contributed by atoms with Crippen molar-refractivity contribution in [2.24, 2.45) is 0 Å². The SMILES string of the molecule is C#CCCCCCCC[CH]CC#CCCCCCCC. The quantitative estimate of drug-likeness (QED) is 0.272. The maximum Gasteiger partial charge on any atom is 0.0120 e. The average molecular weight is 273 g/mol. The Kier molecular flexibility index (Phi) is 17.3. The molecule has 0 unspecified atom stereocenters. The molecule has 0 aliphatic carbocycles. The molecule has 0 rings (SSSR count). The molecule has 0 spiro atoms. The predicted molar refractivity (Wildman–Crippen MR) is 91.2 cm³/mol. The second kappa shape index (κ2) is 18.1. The fraction of sp³-hybridized carbons (Fsp3) is 0.750. The van der Waals surface area contributed by atoms with Crippen LogP contribution in [0.25, 0.3) is 0 Å². The summed E-state index contributed by atoms with van der Waals surface area (Å²) in [4.78, 5) is 0. The summed E-state index contributed by atoms with van der Waals surface area (Å²) in [5.41, 5.74) is 0. The van der Waals surface area contributed by atoms with Gasteiger partial charge < -0.3 is 0 Å². The number of terminal acetylenes is 1. The fourth-order valence-corrected chi connectivity index (χ4v) is 2.20. The lowest BCUT2D eigenvalue weighted by Crippen LogP contribution is -1.81. The summed E-state index contributed by atoms with van der Waals surface area (Å²) in [5, 5.41) is 0. The second-order valence-electron chi connectivity index (χ2n) is 5.52. The Morgan fingerprint density at radius 1 is 0.750 bits per heavy atom. The first-order chi connectivity index (χ1) is 9.91. The lowest BCUT2D eigenvalue weighted by molar-refractivity contribution is 0.616. The Balaban J connectivity index is 3.07. The van der Waals surface area contributed by atoms with E-state index in [1.165, 1.54) is 70.6 Å². The van der Waals surface area contributed by atoms with Crippen LogP contribution >= 0.6 is 0 Å². The van der Waals surface area contributed by atoms with Crippen molar-refractivity contribution < 1.29 is 0 Å².